The molecule has 0 radical (unpaired) electrons. The van der Waals surface area contributed by atoms with Crippen LogP contribution in [-0.2, 0) is 11.2 Å². The van der Waals surface area contributed by atoms with Crippen LogP contribution in [0.5, 0.6) is 0 Å². The van der Waals surface area contributed by atoms with Gasteiger partial charge in [0, 0.05) is 21.8 Å². The zero-order valence-electron chi connectivity index (χ0n) is 9.99. The van der Waals surface area contributed by atoms with Gasteiger partial charge < -0.3 is 9.84 Å². The second-order valence-corrected chi connectivity index (χ2v) is 6.17. The second-order valence-electron chi connectivity index (χ2n) is 4.65. The summed E-state index contributed by atoms with van der Waals surface area (Å²) in [7, 11) is 0. The van der Waals surface area contributed by atoms with Crippen molar-refractivity contribution in [1.29, 1.82) is 0 Å². The third kappa shape index (κ3) is 3.18. The Morgan fingerprint density at radius 2 is 2.22 bits per heavy atom. The molecule has 100 valence electrons. The van der Waals surface area contributed by atoms with Crippen molar-refractivity contribution in [2.75, 3.05) is 31.3 Å². The summed E-state index contributed by atoms with van der Waals surface area (Å²) < 4.78 is 18.6. The predicted octanol–water partition coefficient (Wildman–Crippen LogP) is 2.76. The first-order valence-electron chi connectivity index (χ1n) is 5.86. The van der Waals surface area contributed by atoms with Gasteiger partial charge in [0.2, 0.25) is 0 Å². The summed E-state index contributed by atoms with van der Waals surface area (Å²) >= 11 is 7.66. The van der Waals surface area contributed by atoms with Crippen molar-refractivity contribution >= 4 is 23.4 Å². The Balaban J connectivity index is 1.78. The highest BCUT2D eigenvalue weighted by molar-refractivity contribution is 7.99. The van der Waals surface area contributed by atoms with Crippen LogP contribution in [0.1, 0.15) is 5.56 Å². The molecule has 1 aliphatic heterocycles. The van der Waals surface area contributed by atoms with Crippen LogP contribution >= 0.6 is 23.4 Å². The largest absolute Gasteiger partial charge is 0.396 e. The quantitative estimate of drug-likeness (QED) is 0.817. The normalized spacial score (nSPS) is 17.5. The van der Waals surface area contributed by atoms with E-state index in [1.165, 1.54) is 6.07 Å². The molecule has 2 nitrogen and oxygen atoms in total. The van der Waals surface area contributed by atoms with Crippen LogP contribution in [0.15, 0.2) is 18.2 Å². The molecule has 0 aliphatic carbocycles. The van der Waals surface area contributed by atoms with Gasteiger partial charge in [-0.1, -0.05) is 17.7 Å². The zero-order chi connectivity index (χ0) is 13.0. The number of ether oxygens (including phenoxy) is 1. The third-order valence-corrected chi connectivity index (χ3v) is 4.78. The van der Waals surface area contributed by atoms with Crippen LogP contribution in [-0.4, -0.2) is 36.4 Å². The molecule has 1 heterocycles. The van der Waals surface area contributed by atoms with Crippen molar-refractivity contribution in [3.8, 4) is 0 Å². The first-order chi connectivity index (χ1) is 8.67. The van der Waals surface area contributed by atoms with Crippen molar-refractivity contribution in [3.05, 3.63) is 34.6 Å². The average Bonchev–Trinajstić information content (AvgIpc) is 2.30. The SMILES string of the molecule is OCC1(CSCCc2c(F)cccc2Cl)COC1. The molecule has 18 heavy (non-hydrogen) atoms. The average molecular weight is 291 g/mol. The van der Waals surface area contributed by atoms with Gasteiger partial charge in [-0.25, -0.2) is 4.39 Å². The van der Waals surface area contributed by atoms with Gasteiger partial charge >= 0.3 is 0 Å². The maximum atomic E-state index is 13.5. The van der Waals surface area contributed by atoms with E-state index in [0.717, 1.165) is 11.5 Å². The Morgan fingerprint density at radius 1 is 1.44 bits per heavy atom. The third-order valence-electron chi connectivity index (χ3n) is 3.12. The molecule has 1 saturated heterocycles. The lowest BCUT2D eigenvalue weighted by atomic mass is 9.90. The smallest absolute Gasteiger partial charge is 0.127 e. The van der Waals surface area contributed by atoms with E-state index < -0.39 is 0 Å². The topological polar surface area (TPSA) is 29.5 Å². The summed E-state index contributed by atoms with van der Waals surface area (Å²) in [6.07, 6.45) is 0.610. The van der Waals surface area contributed by atoms with Gasteiger partial charge in [-0.05, 0) is 24.3 Å². The van der Waals surface area contributed by atoms with Crippen molar-refractivity contribution in [2.45, 2.75) is 6.42 Å². The lowest BCUT2D eigenvalue weighted by Crippen LogP contribution is -2.47. The van der Waals surface area contributed by atoms with Gasteiger partial charge in [0.25, 0.3) is 0 Å². The summed E-state index contributed by atoms with van der Waals surface area (Å²) in [4.78, 5) is 0. The minimum absolute atomic E-state index is 0.0797. The molecule has 0 amide bonds. The Bertz CT molecular complexity index is 384. The van der Waals surface area contributed by atoms with E-state index in [0.29, 0.717) is 30.2 Å². The fourth-order valence-electron chi connectivity index (χ4n) is 1.85. The number of aliphatic hydroxyl groups excluding tert-OH is 1. The fraction of sp³-hybridized carbons (Fsp3) is 0.538. The molecule has 0 aromatic heterocycles. The van der Waals surface area contributed by atoms with Crippen molar-refractivity contribution in [2.24, 2.45) is 5.41 Å². The fourth-order valence-corrected chi connectivity index (χ4v) is 3.29. The van der Waals surface area contributed by atoms with Crippen LogP contribution in [0.2, 0.25) is 5.02 Å². The maximum absolute atomic E-state index is 13.5. The van der Waals surface area contributed by atoms with Crippen LogP contribution in [0.3, 0.4) is 0 Å². The van der Waals surface area contributed by atoms with Crippen LogP contribution in [0, 0.1) is 11.2 Å². The summed E-state index contributed by atoms with van der Waals surface area (Å²) in [6, 6.07) is 4.75. The molecule has 0 atom stereocenters. The first kappa shape index (κ1) is 14.1. The second kappa shape index (κ2) is 6.24. The molecule has 2 rings (SSSR count). The van der Waals surface area contributed by atoms with Gasteiger partial charge in [0.1, 0.15) is 5.82 Å². The Morgan fingerprint density at radius 3 is 2.78 bits per heavy atom. The highest BCUT2D eigenvalue weighted by Gasteiger charge is 2.37. The van der Waals surface area contributed by atoms with E-state index in [-0.39, 0.29) is 17.8 Å². The van der Waals surface area contributed by atoms with Crippen molar-refractivity contribution < 1.29 is 14.2 Å². The highest BCUT2D eigenvalue weighted by Crippen LogP contribution is 2.31. The Labute approximate surface area is 115 Å². The lowest BCUT2D eigenvalue weighted by molar-refractivity contribution is -0.121. The Kier molecular flexibility index (Phi) is 4.90. The number of thioether (sulfide) groups is 1. The monoisotopic (exact) mass is 290 g/mol. The minimum Gasteiger partial charge on any atom is -0.396 e. The number of benzene rings is 1. The molecular formula is C13H16ClFO2S. The number of halogens is 2. The van der Waals surface area contributed by atoms with E-state index in [1.54, 1.807) is 23.9 Å². The summed E-state index contributed by atoms with van der Waals surface area (Å²) in [5.74, 6) is 1.39. The molecule has 1 N–H and O–H groups in total. The van der Waals surface area contributed by atoms with Gasteiger partial charge in [0.05, 0.1) is 19.8 Å². The molecule has 0 bridgehead atoms. The molecule has 0 spiro atoms. The van der Waals surface area contributed by atoms with Gasteiger partial charge in [-0.15, -0.1) is 0 Å². The maximum Gasteiger partial charge on any atom is 0.127 e. The van der Waals surface area contributed by atoms with Gasteiger partial charge in [-0.3, -0.25) is 0 Å². The molecule has 1 aliphatic rings. The molecule has 1 fully saturated rings. The summed E-state index contributed by atoms with van der Waals surface area (Å²) in [5, 5.41) is 9.75. The molecule has 0 saturated carbocycles. The molecule has 1 aromatic rings. The first-order valence-corrected chi connectivity index (χ1v) is 7.39. The van der Waals surface area contributed by atoms with Crippen LogP contribution < -0.4 is 0 Å². The predicted molar refractivity (Wildman–Crippen MR) is 72.8 cm³/mol. The number of hydrogen-bond donors (Lipinski definition) is 1. The molecule has 1 aromatic carbocycles. The van der Waals surface area contributed by atoms with Crippen molar-refractivity contribution in [1.82, 2.24) is 0 Å². The van der Waals surface area contributed by atoms with Gasteiger partial charge in [-0.2, -0.15) is 11.8 Å². The van der Waals surface area contributed by atoms with E-state index in [2.05, 4.69) is 0 Å². The lowest BCUT2D eigenvalue weighted by Gasteiger charge is -2.39. The standard InChI is InChI=1S/C13H16ClFO2S/c14-11-2-1-3-12(15)10(11)4-5-18-9-13(6-16)7-17-8-13/h1-3,16H,4-9H2. The van der Waals surface area contributed by atoms with E-state index in [4.69, 9.17) is 16.3 Å². The van der Waals surface area contributed by atoms with E-state index in [1.807, 2.05) is 0 Å². The van der Waals surface area contributed by atoms with Crippen LogP contribution in [0.25, 0.3) is 0 Å². The van der Waals surface area contributed by atoms with E-state index >= 15 is 0 Å². The molecule has 5 heteroatoms. The summed E-state index contributed by atoms with van der Waals surface area (Å²) in [5.41, 5.74) is 0.499. The number of rotatable bonds is 6. The zero-order valence-corrected chi connectivity index (χ0v) is 11.6. The molecular weight excluding hydrogens is 275 g/mol. The number of aliphatic hydroxyl groups is 1. The summed E-state index contributed by atoms with van der Waals surface area (Å²) in [6.45, 7) is 1.40. The van der Waals surface area contributed by atoms with E-state index in [9.17, 15) is 9.50 Å². The minimum atomic E-state index is -0.244. The number of hydrogen-bond acceptors (Lipinski definition) is 3. The molecule has 0 unspecified atom stereocenters. The highest BCUT2D eigenvalue weighted by atomic mass is 35.5. The van der Waals surface area contributed by atoms with Crippen LogP contribution in [0.4, 0.5) is 4.39 Å². The van der Waals surface area contributed by atoms with Crippen molar-refractivity contribution in [3.63, 3.8) is 0 Å². The van der Waals surface area contributed by atoms with Gasteiger partial charge in [0.15, 0.2) is 0 Å². The Hall–Kier alpha value is -0.290.